The molecule has 1 N–H and O–H groups in total. The standard InChI is InChI=1S/C11H8Cl2N2O/c1-6-9(11(16)15-14-6)4-7-2-3-8(12)5-10(7)13/h2-5H,1H3,(H,15,16)/b9-4+. The first kappa shape index (κ1) is 11.2. The first-order valence-corrected chi connectivity index (χ1v) is 5.35. The number of rotatable bonds is 1. The lowest BCUT2D eigenvalue weighted by molar-refractivity contribution is -0.116. The average Bonchev–Trinajstić information content (AvgIpc) is 2.53. The molecule has 0 unspecified atom stereocenters. The molecule has 0 atom stereocenters. The Morgan fingerprint density at radius 1 is 1.38 bits per heavy atom. The van der Waals surface area contributed by atoms with Crippen LogP contribution in [0.5, 0.6) is 0 Å². The normalized spacial score (nSPS) is 17.6. The molecule has 3 nitrogen and oxygen atoms in total. The molecule has 82 valence electrons. The van der Waals surface area contributed by atoms with Crippen LogP contribution in [0.4, 0.5) is 0 Å². The van der Waals surface area contributed by atoms with Crippen molar-refractivity contribution in [2.24, 2.45) is 5.10 Å². The van der Waals surface area contributed by atoms with Crippen LogP contribution in [0.15, 0.2) is 28.9 Å². The van der Waals surface area contributed by atoms with Gasteiger partial charge in [-0.1, -0.05) is 29.3 Å². The van der Waals surface area contributed by atoms with E-state index in [-0.39, 0.29) is 5.91 Å². The molecule has 0 fully saturated rings. The molecule has 0 radical (unpaired) electrons. The highest BCUT2D eigenvalue weighted by molar-refractivity contribution is 6.36. The van der Waals surface area contributed by atoms with Crippen LogP contribution in [0.1, 0.15) is 12.5 Å². The van der Waals surface area contributed by atoms with Gasteiger partial charge in [0.1, 0.15) is 0 Å². The summed E-state index contributed by atoms with van der Waals surface area (Å²) < 4.78 is 0. The molecule has 0 spiro atoms. The molecular formula is C11H8Cl2N2O. The van der Waals surface area contributed by atoms with Gasteiger partial charge in [0.05, 0.1) is 11.3 Å². The Bertz CT molecular complexity index is 521. The van der Waals surface area contributed by atoms with Gasteiger partial charge in [0, 0.05) is 10.0 Å². The molecule has 1 aromatic carbocycles. The van der Waals surface area contributed by atoms with Crippen molar-refractivity contribution >= 4 is 40.9 Å². The summed E-state index contributed by atoms with van der Waals surface area (Å²) in [5, 5.41) is 4.89. The summed E-state index contributed by atoms with van der Waals surface area (Å²) in [7, 11) is 0. The van der Waals surface area contributed by atoms with Crippen LogP contribution < -0.4 is 5.43 Å². The van der Waals surface area contributed by atoms with E-state index in [1.54, 1.807) is 31.2 Å². The second-order valence-corrected chi connectivity index (χ2v) is 4.21. The van der Waals surface area contributed by atoms with Gasteiger partial charge in [0.15, 0.2) is 0 Å². The van der Waals surface area contributed by atoms with Gasteiger partial charge in [-0.15, -0.1) is 0 Å². The van der Waals surface area contributed by atoms with E-state index in [2.05, 4.69) is 10.5 Å². The quantitative estimate of drug-likeness (QED) is 0.770. The molecule has 0 aromatic heterocycles. The molecular weight excluding hydrogens is 247 g/mol. The lowest BCUT2D eigenvalue weighted by atomic mass is 10.1. The fraction of sp³-hybridized carbons (Fsp3) is 0.0909. The summed E-state index contributed by atoms with van der Waals surface area (Å²) in [5.74, 6) is -0.219. The van der Waals surface area contributed by atoms with Crippen molar-refractivity contribution in [3.05, 3.63) is 39.4 Å². The number of carbonyl (C=O) groups is 1. The number of hydrazone groups is 1. The van der Waals surface area contributed by atoms with Gasteiger partial charge in [-0.3, -0.25) is 4.79 Å². The summed E-state index contributed by atoms with van der Waals surface area (Å²) in [6, 6.07) is 5.12. The van der Waals surface area contributed by atoms with Crippen LogP contribution in [-0.4, -0.2) is 11.6 Å². The zero-order valence-electron chi connectivity index (χ0n) is 8.42. The Hall–Kier alpha value is -1.32. The summed E-state index contributed by atoms with van der Waals surface area (Å²) in [6.45, 7) is 1.76. The van der Waals surface area contributed by atoms with Crippen molar-refractivity contribution in [3.8, 4) is 0 Å². The molecule has 0 saturated heterocycles. The minimum absolute atomic E-state index is 0.219. The van der Waals surface area contributed by atoms with Gasteiger partial charge in [-0.05, 0) is 30.7 Å². The smallest absolute Gasteiger partial charge is 0.267 e. The highest BCUT2D eigenvalue weighted by atomic mass is 35.5. The van der Waals surface area contributed by atoms with E-state index in [0.717, 1.165) is 5.56 Å². The molecule has 0 aliphatic carbocycles. The lowest BCUT2D eigenvalue weighted by Gasteiger charge is -2.00. The number of benzene rings is 1. The van der Waals surface area contributed by atoms with Crippen LogP contribution in [0.25, 0.3) is 6.08 Å². The average molecular weight is 255 g/mol. The van der Waals surface area contributed by atoms with Crippen molar-refractivity contribution < 1.29 is 4.79 Å². The highest BCUT2D eigenvalue weighted by Crippen LogP contribution is 2.24. The van der Waals surface area contributed by atoms with Gasteiger partial charge in [0.2, 0.25) is 0 Å². The van der Waals surface area contributed by atoms with Crippen LogP contribution in [0.3, 0.4) is 0 Å². The SMILES string of the molecule is CC1=NNC(=O)/C1=C/c1ccc(Cl)cc1Cl. The van der Waals surface area contributed by atoms with E-state index in [1.807, 2.05) is 0 Å². The first-order chi connectivity index (χ1) is 7.58. The number of hydrogen-bond acceptors (Lipinski definition) is 2. The molecule has 1 aromatic rings. The van der Waals surface area contributed by atoms with Crippen molar-refractivity contribution in [1.82, 2.24) is 5.43 Å². The maximum Gasteiger partial charge on any atom is 0.273 e. The fourth-order valence-electron chi connectivity index (χ4n) is 1.36. The minimum atomic E-state index is -0.219. The zero-order chi connectivity index (χ0) is 11.7. The van der Waals surface area contributed by atoms with Gasteiger partial charge in [-0.2, -0.15) is 5.10 Å². The molecule has 5 heteroatoms. The molecule has 2 rings (SSSR count). The topological polar surface area (TPSA) is 41.5 Å². The third kappa shape index (κ3) is 2.10. The van der Waals surface area contributed by atoms with E-state index in [1.165, 1.54) is 0 Å². The molecule has 0 saturated carbocycles. The Morgan fingerprint density at radius 3 is 2.69 bits per heavy atom. The first-order valence-electron chi connectivity index (χ1n) is 4.59. The maximum absolute atomic E-state index is 11.4. The molecule has 1 aliphatic heterocycles. The lowest BCUT2D eigenvalue weighted by Crippen LogP contribution is -2.12. The summed E-state index contributed by atoms with van der Waals surface area (Å²) in [6.07, 6.45) is 1.69. The predicted octanol–water partition coefficient (Wildman–Crippen LogP) is 2.88. The minimum Gasteiger partial charge on any atom is -0.267 e. The van der Waals surface area contributed by atoms with Crippen LogP contribution in [0.2, 0.25) is 10.0 Å². The second kappa shape index (κ2) is 4.28. The summed E-state index contributed by atoms with van der Waals surface area (Å²) >= 11 is 11.8. The Balaban J connectivity index is 2.43. The summed E-state index contributed by atoms with van der Waals surface area (Å²) in [4.78, 5) is 11.4. The number of nitrogens with one attached hydrogen (secondary N) is 1. The number of amides is 1. The molecule has 0 bridgehead atoms. The molecule has 1 heterocycles. The van der Waals surface area contributed by atoms with E-state index in [4.69, 9.17) is 23.2 Å². The third-order valence-corrected chi connectivity index (χ3v) is 2.78. The fourth-order valence-corrected chi connectivity index (χ4v) is 1.83. The predicted molar refractivity (Wildman–Crippen MR) is 65.7 cm³/mol. The Morgan fingerprint density at radius 2 is 2.12 bits per heavy atom. The molecule has 16 heavy (non-hydrogen) atoms. The number of hydrogen-bond donors (Lipinski definition) is 1. The zero-order valence-corrected chi connectivity index (χ0v) is 9.93. The van der Waals surface area contributed by atoms with Crippen LogP contribution in [0, 0.1) is 0 Å². The molecule has 1 aliphatic rings. The van der Waals surface area contributed by atoms with Gasteiger partial charge < -0.3 is 0 Å². The monoisotopic (exact) mass is 254 g/mol. The van der Waals surface area contributed by atoms with Gasteiger partial charge >= 0.3 is 0 Å². The number of carbonyl (C=O) groups excluding carboxylic acids is 1. The number of nitrogens with zero attached hydrogens (tertiary/aromatic N) is 1. The van der Waals surface area contributed by atoms with Gasteiger partial charge in [0.25, 0.3) is 5.91 Å². The third-order valence-electron chi connectivity index (χ3n) is 2.22. The van der Waals surface area contributed by atoms with E-state index >= 15 is 0 Å². The Kier molecular flexibility index (Phi) is 2.99. The van der Waals surface area contributed by atoms with E-state index in [0.29, 0.717) is 21.3 Å². The Labute approximate surface area is 103 Å². The van der Waals surface area contributed by atoms with E-state index in [9.17, 15) is 4.79 Å². The maximum atomic E-state index is 11.4. The number of halogens is 2. The van der Waals surface area contributed by atoms with Crippen LogP contribution >= 0.6 is 23.2 Å². The summed E-state index contributed by atoms with van der Waals surface area (Å²) in [5.41, 5.74) is 4.29. The second-order valence-electron chi connectivity index (χ2n) is 3.36. The van der Waals surface area contributed by atoms with Crippen molar-refractivity contribution in [3.63, 3.8) is 0 Å². The largest absolute Gasteiger partial charge is 0.273 e. The molecule has 1 amide bonds. The van der Waals surface area contributed by atoms with Crippen molar-refractivity contribution in [1.29, 1.82) is 0 Å². The van der Waals surface area contributed by atoms with Crippen molar-refractivity contribution in [2.45, 2.75) is 6.92 Å². The van der Waals surface area contributed by atoms with E-state index < -0.39 is 0 Å². The van der Waals surface area contributed by atoms with Crippen LogP contribution in [-0.2, 0) is 4.79 Å². The van der Waals surface area contributed by atoms with Gasteiger partial charge in [-0.25, -0.2) is 5.43 Å². The van der Waals surface area contributed by atoms with Crippen molar-refractivity contribution in [2.75, 3.05) is 0 Å². The highest BCUT2D eigenvalue weighted by Gasteiger charge is 2.18.